The van der Waals surface area contributed by atoms with Gasteiger partial charge in [-0.2, -0.15) is 5.26 Å². The second-order valence-corrected chi connectivity index (χ2v) is 6.89. The predicted octanol–water partition coefficient (Wildman–Crippen LogP) is 5.66. The molecule has 126 valence electrons. The van der Waals surface area contributed by atoms with Crippen LogP contribution in [-0.2, 0) is 0 Å². The summed E-state index contributed by atoms with van der Waals surface area (Å²) in [6.45, 7) is 8.81. The van der Waals surface area contributed by atoms with Crippen molar-refractivity contribution in [3.8, 4) is 23.1 Å². The van der Waals surface area contributed by atoms with Crippen molar-refractivity contribution in [2.24, 2.45) is 0 Å². The summed E-state index contributed by atoms with van der Waals surface area (Å²) in [6, 6.07) is 18.7. The third-order valence-corrected chi connectivity index (χ3v) is 4.44. The molecule has 25 heavy (non-hydrogen) atoms. The summed E-state index contributed by atoms with van der Waals surface area (Å²) >= 11 is 0. The minimum absolute atomic E-state index is 0.380. The van der Waals surface area contributed by atoms with Gasteiger partial charge in [-0.15, -0.1) is 0 Å². The molecule has 3 nitrogen and oxygen atoms in total. The van der Waals surface area contributed by atoms with Gasteiger partial charge in [0.1, 0.15) is 11.9 Å². The molecule has 0 fully saturated rings. The number of hydrogen-bond donors (Lipinski definition) is 0. The first-order chi connectivity index (χ1) is 12.0. The fourth-order valence-corrected chi connectivity index (χ4v) is 3.19. The van der Waals surface area contributed by atoms with Gasteiger partial charge < -0.3 is 0 Å². The van der Waals surface area contributed by atoms with Gasteiger partial charge in [0.2, 0.25) is 0 Å². The Kier molecular flexibility index (Phi) is 4.72. The average Bonchev–Trinajstić information content (AvgIpc) is 3.05. The van der Waals surface area contributed by atoms with Crippen LogP contribution in [-0.4, -0.2) is 9.55 Å². The smallest absolute Gasteiger partial charge is 0.159 e. The molecule has 3 heteroatoms. The summed E-state index contributed by atoms with van der Waals surface area (Å²) in [6.07, 6.45) is 1.86. The van der Waals surface area contributed by atoms with Crippen LogP contribution >= 0.6 is 0 Å². The molecular formula is C22H23N3. The van der Waals surface area contributed by atoms with E-state index in [4.69, 9.17) is 0 Å². The summed E-state index contributed by atoms with van der Waals surface area (Å²) < 4.78 is 2.10. The van der Waals surface area contributed by atoms with Crippen molar-refractivity contribution in [1.82, 2.24) is 9.55 Å². The number of nitrogens with zero attached hydrogens (tertiary/aromatic N) is 3. The molecule has 0 atom stereocenters. The van der Waals surface area contributed by atoms with Gasteiger partial charge in [0, 0.05) is 11.8 Å². The number of benzene rings is 2. The van der Waals surface area contributed by atoms with E-state index in [0.717, 1.165) is 17.1 Å². The number of para-hydroxylation sites is 1. The fourth-order valence-electron chi connectivity index (χ4n) is 3.19. The summed E-state index contributed by atoms with van der Waals surface area (Å²) in [5.74, 6) is 1.57. The molecule has 0 saturated carbocycles. The van der Waals surface area contributed by atoms with Crippen LogP contribution in [0.5, 0.6) is 0 Å². The van der Waals surface area contributed by atoms with Crippen LogP contribution < -0.4 is 0 Å². The van der Waals surface area contributed by atoms with E-state index in [1.807, 2.05) is 36.5 Å². The lowest BCUT2D eigenvalue weighted by Gasteiger charge is -2.21. The molecule has 1 heterocycles. The highest BCUT2D eigenvalue weighted by Gasteiger charge is 2.20. The third-order valence-electron chi connectivity index (χ3n) is 4.44. The van der Waals surface area contributed by atoms with E-state index in [1.54, 1.807) is 0 Å². The van der Waals surface area contributed by atoms with E-state index >= 15 is 0 Å². The van der Waals surface area contributed by atoms with Crippen LogP contribution in [0.4, 0.5) is 0 Å². The van der Waals surface area contributed by atoms with Crippen molar-refractivity contribution in [2.45, 2.75) is 39.5 Å². The molecule has 0 aliphatic rings. The number of rotatable bonds is 4. The van der Waals surface area contributed by atoms with Gasteiger partial charge in [0.15, 0.2) is 5.69 Å². The fraction of sp³-hybridized carbons (Fsp3) is 0.273. The Morgan fingerprint density at radius 1 is 0.880 bits per heavy atom. The van der Waals surface area contributed by atoms with Gasteiger partial charge in [0.05, 0.1) is 5.69 Å². The van der Waals surface area contributed by atoms with Crippen molar-refractivity contribution in [2.75, 3.05) is 0 Å². The van der Waals surface area contributed by atoms with Crippen LogP contribution in [0.1, 0.15) is 56.4 Å². The van der Waals surface area contributed by atoms with Crippen molar-refractivity contribution >= 4 is 0 Å². The maximum absolute atomic E-state index is 9.40. The highest BCUT2D eigenvalue weighted by atomic mass is 15.1. The van der Waals surface area contributed by atoms with Crippen LogP contribution in [0.3, 0.4) is 0 Å². The van der Waals surface area contributed by atoms with Crippen LogP contribution in [0, 0.1) is 11.3 Å². The molecule has 3 rings (SSSR count). The van der Waals surface area contributed by atoms with E-state index in [-0.39, 0.29) is 0 Å². The lowest BCUT2D eigenvalue weighted by atomic mass is 9.92. The number of imidazole rings is 1. The Bertz CT molecular complexity index is 886. The minimum atomic E-state index is 0.380. The molecule has 0 N–H and O–H groups in total. The van der Waals surface area contributed by atoms with Crippen molar-refractivity contribution in [1.29, 1.82) is 5.26 Å². The van der Waals surface area contributed by atoms with Gasteiger partial charge in [0.25, 0.3) is 0 Å². The van der Waals surface area contributed by atoms with E-state index in [1.165, 1.54) is 11.1 Å². The number of aromatic nitrogens is 2. The third kappa shape index (κ3) is 3.21. The number of nitriles is 1. The Balaban J connectivity index is 2.34. The summed E-state index contributed by atoms with van der Waals surface area (Å²) in [5, 5.41) is 9.40. The zero-order valence-electron chi connectivity index (χ0n) is 15.2. The molecule has 0 saturated heterocycles. The first-order valence-corrected chi connectivity index (χ1v) is 8.71. The topological polar surface area (TPSA) is 41.6 Å². The Morgan fingerprint density at radius 3 is 2.00 bits per heavy atom. The van der Waals surface area contributed by atoms with Crippen molar-refractivity contribution in [3.05, 3.63) is 71.5 Å². The predicted molar refractivity (Wildman–Crippen MR) is 102 cm³/mol. The Hall–Kier alpha value is -2.86. The van der Waals surface area contributed by atoms with Crippen LogP contribution in [0.15, 0.2) is 54.7 Å². The van der Waals surface area contributed by atoms with Crippen LogP contribution in [0.2, 0.25) is 0 Å². The van der Waals surface area contributed by atoms with Gasteiger partial charge >= 0.3 is 0 Å². The molecule has 0 spiro atoms. The SMILES string of the molecule is CC(C)c1cccc(C(C)C)c1-n1cc(C#N)nc1-c1ccccc1. The van der Waals surface area contributed by atoms with Gasteiger partial charge in [-0.1, -0.05) is 76.2 Å². The normalized spacial score (nSPS) is 11.1. The molecule has 0 aliphatic heterocycles. The van der Waals surface area contributed by atoms with Crippen LogP contribution in [0.25, 0.3) is 17.1 Å². The highest BCUT2D eigenvalue weighted by molar-refractivity contribution is 5.63. The van der Waals surface area contributed by atoms with Gasteiger partial charge in [-0.3, -0.25) is 4.57 Å². The maximum Gasteiger partial charge on any atom is 0.159 e. The Labute approximate surface area is 149 Å². The number of hydrogen-bond acceptors (Lipinski definition) is 2. The molecule has 0 radical (unpaired) electrons. The van der Waals surface area contributed by atoms with E-state index in [0.29, 0.717) is 17.5 Å². The summed E-state index contributed by atoms with van der Waals surface area (Å²) in [5.41, 5.74) is 5.14. The van der Waals surface area contributed by atoms with Crippen molar-refractivity contribution < 1.29 is 0 Å². The first-order valence-electron chi connectivity index (χ1n) is 8.71. The summed E-state index contributed by atoms with van der Waals surface area (Å²) in [7, 11) is 0. The Morgan fingerprint density at radius 2 is 1.48 bits per heavy atom. The largest absolute Gasteiger partial charge is 0.298 e. The molecule has 3 aromatic rings. The molecule has 0 aliphatic carbocycles. The van der Waals surface area contributed by atoms with Crippen molar-refractivity contribution in [3.63, 3.8) is 0 Å². The van der Waals surface area contributed by atoms with Gasteiger partial charge in [-0.05, 0) is 23.0 Å². The molecular weight excluding hydrogens is 306 g/mol. The summed E-state index contributed by atoms with van der Waals surface area (Å²) in [4.78, 5) is 4.58. The quantitative estimate of drug-likeness (QED) is 0.620. The second-order valence-electron chi connectivity index (χ2n) is 6.89. The molecule has 0 amide bonds. The lowest BCUT2D eigenvalue weighted by Crippen LogP contribution is -2.07. The monoisotopic (exact) mass is 329 g/mol. The zero-order chi connectivity index (χ0) is 18.0. The molecule has 1 aromatic heterocycles. The minimum Gasteiger partial charge on any atom is -0.298 e. The molecule has 0 unspecified atom stereocenters. The first kappa shape index (κ1) is 17.0. The second kappa shape index (κ2) is 6.94. The average molecular weight is 329 g/mol. The zero-order valence-corrected chi connectivity index (χ0v) is 15.2. The lowest BCUT2D eigenvalue weighted by molar-refractivity contribution is 0.806. The van der Waals surface area contributed by atoms with Gasteiger partial charge in [-0.25, -0.2) is 4.98 Å². The van der Waals surface area contributed by atoms with E-state index < -0.39 is 0 Å². The standard InChI is InChI=1S/C22H23N3/c1-15(2)19-11-8-12-20(16(3)4)21(19)25-14-18(13-23)24-22(25)17-9-6-5-7-10-17/h5-12,14-16H,1-4H3. The highest BCUT2D eigenvalue weighted by Crippen LogP contribution is 2.34. The van der Waals surface area contributed by atoms with E-state index in [9.17, 15) is 5.26 Å². The molecule has 2 aromatic carbocycles. The maximum atomic E-state index is 9.40. The van der Waals surface area contributed by atoms with E-state index in [2.05, 4.69) is 61.5 Å². The molecule has 0 bridgehead atoms.